The molecule has 1 unspecified atom stereocenters. The Hall–Kier alpha value is 0.982. The molecule has 0 aromatic carbocycles. The molecular formula is C17H30N2O2SU. The Kier molecular flexibility index (Phi) is 9.21. The standard InChI is InChI=1S/C14H23N2O2S.C3H7.U/c1-8-4-10-12(19-8)5-9-11(6-15(2)3)14(18)16(7-17)13(9)10;1-3-2;/h7-9,11,13-14,17-18H,4-6H2,1-3H3;3H,1-2H3;/q2*-1;+2/t8-,9+,11-,13?,14-;;/m1../s1. The number of aliphatic hydroxyl groups is 2. The molecule has 1 fully saturated rings. The van der Waals surface area contributed by atoms with E-state index in [4.69, 9.17) is 0 Å². The van der Waals surface area contributed by atoms with Crippen LogP contribution in [0.5, 0.6) is 0 Å². The normalized spacial score (nSPS) is 35.7. The van der Waals surface area contributed by atoms with Crippen molar-refractivity contribution in [3.8, 4) is 0 Å². The SMILES string of the molecule is C[C@@H]1CC2=C(C[C@@H]3C2N([CH-]O)[C@H](O)[C@@H]3CN(C)C)S1.C[CH-]C.[U+2]. The Balaban J connectivity index is 0.000000615. The van der Waals surface area contributed by atoms with Gasteiger partial charge >= 0.3 is 31.1 Å². The fraction of sp³-hybridized carbons (Fsp3) is 0.765. The van der Waals surface area contributed by atoms with Gasteiger partial charge in [-0.2, -0.15) is 20.6 Å². The summed E-state index contributed by atoms with van der Waals surface area (Å²) < 4.78 is 0. The Labute approximate surface area is 169 Å². The molecule has 0 spiro atoms. The minimum Gasteiger partial charge on any atom is -0.551 e. The maximum Gasteiger partial charge on any atom is 2.00 e. The van der Waals surface area contributed by atoms with E-state index < -0.39 is 6.23 Å². The molecule has 23 heavy (non-hydrogen) atoms. The van der Waals surface area contributed by atoms with Crippen molar-refractivity contribution >= 4 is 11.8 Å². The molecule has 0 aromatic rings. The molecule has 0 amide bonds. The van der Waals surface area contributed by atoms with Crippen LogP contribution in [0.1, 0.15) is 33.6 Å². The van der Waals surface area contributed by atoms with Crippen molar-refractivity contribution in [2.24, 2.45) is 11.8 Å². The fourth-order valence-electron chi connectivity index (χ4n) is 4.02. The van der Waals surface area contributed by atoms with Crippen LogP contribution in [0.4, 0.5) is 0 Å². The van der Waals surface area contributed by atoms with Crippen molar-refractivity contribution in [3.63, 3.8) is 0 Å². The van der Waals surface area contributed by atoms with Gasteiger partial charge in [0.05, 0.1) is 6.23 Å². The molecule has 5 atom stereocenters. The number of likely N-dealkylation sites (tertiary alicyclic amines) is 1. The maximum atomic E-state index is 10.5. The largest absolute Gasteiger partial charge is 2.00 e. The van der Waals surface area contributed by atoms with Crippen molar-refractivity contribution in [2.45, 2.75) is 51.1 Å². The zero-order valence-corrected chi connectivity index (χ0v) is 19.8. The average Bonchev–Trinajstić information content (AvgIpc) is 3.01. The molecule has 4 nitrogen and oxygen atoms in total. The summed E-state index contributed by atoms with van der Waals surface area (Å²) in [5.41, 5.74) is 1.47. The van der Waals surface area contributed by atoms with Crippen molar-refractivity contribution in [1.29, 1.82) is 0 Å². The Bertz CT molecular complexity index is 419. The minimum atomic E-state index is -0.558. The van der Waals surface area contributed by atoms with E-state index in [1.165, 1.54) is 10.5 Å². The van der Waals surface area contributed by atoms with Crippen LogP contribution in [-0.2, 0) is 0 Å². The minimum absolute atomic E-state index is 0. The van der Waals surface area contributed by atoms with Crippen LogP contribution >= 0.6 is 11.8 Å². The monoisotopic (exact) mass is 564 g/mol. The van der Waals surface area contributed by atoms with Crippen LogP contribution in [0, 0.1) is 56.1 Å². The second-order valence-corrected chi connectivity index (χ2v) is 8.41. The molecule has 0 radical (unpaired) electrons. The van der Waals surface area contributed by atoms with Gasteiger partial charge in [-0.15, -0.1) is 11.8 Å². The third kappa shape index (κ3) is 4.58. The molecule has 130 valence electrons. The molecule has 0 aromatic heterocycles. The van der Waals surface area contributed by atoms with Crippen LogP contribution in [0.3, 0.4) is 0 Å². The molecule has 2 aliphatic heterocycles. The molecule has 0 bridgehead atoms. The van der Waals surface area contributed by atoms with Gasteiger partial charge in [0, 0.05) is 23.8 Å². The summed E-state index contributed by atoms with van der Waals surface area (Å²) in [5, 5.41) is 20.6. The molecule has 3 rings (SSSR count). The third-order valence-corrected chi connectivity index (χ3v) is 5.94. The summed E-state index contributed by atoms with van der Waals surface area (Å²) in [6, 6.07) is 0.220. The van der Waals surface area contributed by atoms with Crippen LogP contribution < -0.4 is 0 Å². The third-order valence-electron chi connectivity index (χ3n) is 4.66. The van der Waals surface area contributed by atoms with Crippen LogP contribution in [0.2, 0.25) is 0 Å². The Morgan fingerprint density at radius 2 is 1.91 bits per heavy atom. The zero-order valence-electron chi connectivity index (χ0n) is 14.9. The van der Waals surface area contributed by atoms with Gasteiger partial charge < -0.3 is 26.4 Å². The van der Waals surface area contributed by atoms with Crippen molar-refractivity contribution in [2.75, 3.05) is 20.6 Å². The number of fused-ring (bicyclic) bond motifs is 2. The molecule has 1 aliphatic carbocycles. The maximum absolute atomic E-state index is 10.5. The molecule has 2 N–H and O–H groups in total. The van der Waals surface area contributed by atoms with E-state index in [1.54, 1.807) is 4.90 Å². The van der Waals surface area contributed by atoms with E-state index in [0.717, 1.165) is 26.1 Å². The van der Waals surface area contributed by atoms with Crippen LogP contribution in [-0.4, -0.2) is 58.2 Å². The van der Waals surface area contributed by atoms with Gasteiger partial charge in [0.15, 0.2) is 0 Å². The second-order valence-electron chi connectivity index (χ2n) is 6.87. The molecule has 3 aliphatic rings. The number of allylic oxidation sites excluding steroid dienone is 1. The number of thioether (sulfide) groups is 1. The average molecular weight is 565 g/mol. The van der Waals surface area contributed by atoms with Crippen molar-refractivity contribution < 1.29 is 41.3 Å². The molecule has 0 saturated carbocycles. The van der Waals surface area contributed by atoms with Gasteiger partial charge in [0.1, 0.15) is 0 Å². The Morgan fingerprint density at radius 3 is 2.43 bits per heavy atom. The predicted octanol–water partition coefficient (Wildman–Crippen LogP) is 2.69. The first-order chi connectivity index (χ1) is 10.4. The smallest absolute Gasteiger partial charge is 0.551 e. The van der Waals surface area contributed by atoms with Gasteiger partial charge in [-0.25, -0.2) is 0 Å². The fourth-order valence-corrected chi connectivity index (χ4v) is 5.41. The number of rotatable bonds is 3. The van der Waals surface area contributed by atoms with E-state index in [9.17, 15) is 10.2 Å². The molecule has 6 heteroatoms. The number of nitrogens with zero attached hydrogens (tertiary/aromatic N) is 2. The van der Waals surface area contributed by atoms with E-state index >= 15 is 0 Å². The predicted molar refractivity (Wildman–Crippen MR) is 92.4 cm³/mol. The number of hydrogen-bond donors (Lipinski definition) is 2. The molecular weight excluding hydrogens is 534 g/mol. The molecule has 1 saturated heterocycles. The quantitative estimate of drug-likeness (QED) is 0.517. The van der Waals surface area contributed by atoms with Crippen LogP contribution in [0.25, 0.3) is 0 Å². The van der Waals surface area contributed by atoms with Gasteiger partial charge in [-0.1, -0.05) is 6.92 Å². The number of aliphatic hydroxyl groups excluding tert-OH is 2. The van der Waals surface area contributed by atoms with Gasteiger partial charge in [0.25, 0.3) is 0 Å². The zero-order chi connectivity index (χ0) is 16.4. The summed E-state index contributed by atoms with van der Waals surface area (Å²) in [7, 11) is 4.08. The van der Waals surface area contributed by atoms with E-state index in [0.29, 0.717) is 11.2 Å². The van der Waals surface area contributed by atoms with Crippen molar-refractivity contribution in [1.82, 2.24) is 9.80 Å². The number of hydrogen-bond acceptors (Lipinski definition) is 5. The summed E-state index contributed by atoms with van der Waals surface area (Å²) >= 11 is 1.99. The van der Waals surface area contributed by atoms with Crippen molar-refractivity contribution in [3.05, 3.63) is 23.6 Å². The van der Waals surface area contributed by atoms with E-state index in [-0.39, 0.29) is 43.1 Å². The van der Waals surface area contributed by atoms with E-state index in [2.05, 4.69) is 11.8 Å². The summed E-state index contributed by atoms with van der Waals surface area (Å²) in [6.45, 7) is 8.22. The first-order valence-corrected chi connectivity index (χ1v) is 9.02. The van der Waals surface area contributed by atoms with Gasteiger partial charge in [-0.05, 0) is 43.3 Å². The summed E-state index contributed by atoms with van der Waals surface area (Å²) in [4.78, 5) is 5.43. The summed E-state index contributed by atoms with van der Waals surface area (Å²) in [5.74, 6) is 0.663. The first-order valence-electron chi connectivity index (χ1n) is 8.14. The first kappa shape index (κ1) is 22.0. The van der Waals surface area contributed by atoms with Gasteiger partial charge in [0.2, 0.25) is 0 Å². The topological polar surface area (TPSA) is 46.9 Å². The van der Waals surface area contributed by atoms with Gasteiger partial charge in [-0.3, -0.25) is 0 Å². The Morgan fingerprint density at radius 1 is 1.30 bits per heavy atom. The molecule has 2 heterocycles. The summed E-state index contributed by atoms with van der Waals surface area (Å²) in [6.07, 6.45) is 3.62. The second kappa shape index (κ2) is 9.62. The van der Waals surface area contributed by atoms with E-state index in [1.807, 2.05) is 46.1 Å². The van der Waals surface area contributed by atoms with Crippen LogP contribution in [0.15, 0.2) is 10.5 Å².